The van der Waals surface area contributed by atoms with E-state index in [1.807, 2.05) is 0 Å². The number of amides is 1. The van der Waals surface area contributed by atoms with E-state index in [4.69, 9.17) is 0 Å². The summed E-state index contributed by atoms with van der Waals surface area (Å²) in [5, 5.41) is 22.5. The van der Waals surface area contributed by atoms with Gasteiger partial charge in [-0.2, -0.15) is 0 Å². The summed E-state index contributed by atoms with van der Waals surface area (Å²) in [5.41, 5.74) is 0.598. The Balaban J connectivity index is 2.26. The Labute approximate surface area is 139 Å². The molecule has 1 aliphatic heterocycles. The Hall–Kier alpha value is -3.14. The van der Waals surface area contributed by atoms with Crippen molar-refractivity contribution in [3.8, 4) is 0 Å². The molecule has 1 aromatic heterocycles. The third-order valence-electron chi connectivity index (χ3n) is 3.54. The number of benzene rings is 1. The molecule has 1 aliphatic rings. The van der Waals surface area contributed by atoms with Crippen molar-refractivity contribution >= 4 is 38.6 Å². The number of hydrogen-bond acceptors (Lipinski definition) is 7. The smallest absolute Gasteiger partial charge is 0.305 e. The summed E-state index contributed by atoms with van der Waals surface area (Å²) in [5.74, 6) is -0.346. The summed E-state index contributed by atoms with van der Waals surface area (Å²) < 4.78 is 0. The first-order valence-corrected chi connectivity index (χ1v) is 7.55. The minimum Gasteiger partial charge on any atom is -0.305 e. The topological polar surface area (TPSA) is 119 Å². The van der Waals surface area contributed by atoms with Crippen LogP contribution in [0.15, 0.2) is 35.3 Å². The molecule has 0 saturated heterocycles. The Morgan fingerprint density at radius 3 is 2.54 bits per heavy atom. The average Bonchev–Trinajstić information content (AvgIpc) is 2.95. The maximum Gasteiger partial charge on any atom is 0.326 e. The van der Waals surface area contributed by atoms with Crippen molar-refractivity contribution in [3.63, 3.8) is 0 Å². The third kappa shape index (κ3) is 2.52. The number of carbonyl (C=O) groups is 1. The van der Waals surface area contributed by atoms with Gasteiger partial charge in [0.1, 0.15) is 11.5 Å². The van der Waals surface area contributed by atoms with E-state index in [-0.39, 0.29) is 34.4 Å². The number of likely N-dealkylation sites (N-methyl/N-ethyl adjacent to an activating group) is 1. The van der Waals surface area contributed by atoms with Gasteiger partial charge in [-0.25, -0.2) is 0 Å². The van der Waals surface area contributed by atoms with Gasteiger partial charge in [0.25, 0.3) is 5.69 Å². The standard InChI is InChI=1S/C14H10N4O5S/c1-16-11(19)7-15-13(8-4-2-3-5-10(8)17(20)21)9-6-12(18(22)23)24-14(9)16/h2-6H,7H2,1H3. The first-order chi connectivity index (χ1) is 11.4. The number of para-hydroxylation sites is 1. The number of thiophene rings is 1. The minimum atomic E-state index is -0.561. The number of nitro benzene ring substituents is 1. The number of carbonyl (C=O) groups excluding carboxylic acids is 1. The lowest BCUT2D eigenvalue weighted by Crippen LogP contribution is -2.26. The highest BCUT2D eigenvalue weighted by molar-refractivity contribution is 7.19. The van der Waals surface area contributed by atoms with E-state index < -0.39 is 9.85 Å². The van der Waals surface area contributed by atoms with E-state index in [0.29, 0.717) is 10.6 Å². The summed E-state index contributed by atoms with van der Waals surface area (Å²) in [7, 11) is 1.50. The molecular formula is C14H10N4O5S. The maximum absolute atomic E-state index is 12.1. The first-order valence-electron chi connectivity index (χ1n) is 6.73. The highest BCUT2D eigenvalue weighted by Gasteiger charge is 2.31. The van der Waals surface area contributed by atoms with Crippen LogP contribution in [0.4, 0.5) is 15.7 Å². The molecule has 0 aliphatic carbocycles. The number of hydrogen-bond donors (Lipinski definition) is 0. The summed E-state index contributed by atoms with van der Waals surface area (Å²) in [6, 6.07) is 7.27. The molecule has 2 heterocycles. The summed E-state index contributed by atoms with van der Waals surface area (Å²) in [6.07, 6.45) is 0. The van der Waals surface area contributed by atoms with Crippen LogP contribution in [0.5, 0.6) is 0 Å². The van der Waals surface area contributed by atoms with Crippen LogP contribution in [-0.4, -0.2) is 35.1 Å². The minimum absolute atomic E-state index is 0.159. The van der Waals surface area contributed by atoms with Crippen molar-refractivity contribution in [1.82, 2.24) is 0 Å². The predicted octanol–water partition coefficient (Wildman–Crippen LogP) is 2.38. The van der Waals surface area contributed by atoms with Crippen molar-refractivity contribution in [3.05, 3.63) is 61.7 Å². The molecule has 24 heavy (non-hydrogen) atoms. The van der Waals surface area contributed by atoms with Crippen molar-refractivity contribution < 1.29 is 14.6 Å². The van der Waals surface area contributed by atoms with Gasteiger partial charge in [0.05, 0.1) is 21.1 Å². The Bertz CT molecular complexity index is 904. The van der Waals surface area contributed by atoms with E-state index in [1.54, 1.807) is 6.07 Å². The van der Waals surface area contributed by atoms with E-state index in [1.165, 1.54) is 36.2 Å². The largest absolute Gasteiger partial charge is 0.326 e. The summed E-state index contributed by atoms with van der Waals surface area (Å²) >= 11 is 0.837. The number of rotatable bonds is 3. The van der Waals surface area contributed by atoms with E-state index in [0.717, 1.165) is 11.3 Å². The van der Waals surface area contributed by atoms with Crippen LogP contribution >= 0.6 is 11.3 Å². The molecule has 1 amide bonds. The molecule has 10 heteroatoms. The van der Waals surface area contributed by atoms with Crippen LogP contribution in [0.25, 0.3) is 0 Å². The second kappa shape index (κ2) is 5.81. The zero-order chi connectivity index (χ0) is 17.4. The van der Waals surface area contributed by atoms with Gasteiger partial charge in [-0.05, 0) is 17.4 Å². The molecule has 0 spiro atoms. The lowest BCUT2D eigenvalue weighted by Gasteiger charge is -2.12. The molecule has 1 aromatic carbocycles. The normalized spacial score (nSPS) is 14.0. The van der Waals surface area contributed by atoms with Gasteiger partial charge >= 0.3 is 5.00 Å². The van der Waals surface area contributed by atoms with Gasteiger partial charge in [-0.15, -0.1) is 0 Å². The van der Waals surface area contributed by atoms with E-state index in [9.17, 15) is 25.0 Å². The van der Waals surface area contributed by atoms with Crippen LogP contribution in [-0.2, 0) is 4.79 Å². The van der Waals surface area contributed by atoms with Gasteiger partial charge in [-0.1, -0.05) is 12.1 Å². The monoisotopic (exact) mass is 346 g/mol. The van der Waals surface area contributed by atoms with Crippen molar-refractivity contribution in [2.75, 3.05) is 18.5 Å². The number of nitrogens with zero attached hydrogens (tertiary/aromatic N) is 4. The van der Waals surface area contributed by atoms with Crippen LogP contribution in [0.1, 0.15) is 11.1 Å². The third-order valence-corrected chi connectivity index (χ3v) is 4.70. The number of fused-ring (bicyclic) bond motifs is 1. The summed E-state index contributed by atoms with van der Waals surface area (Å²) in [6.45, 7) is -0.187. The zero-order valence-electron chi connectivity index (χ0n) is 12.3. The van der Waals surface area contributed by atoms with Crippen LogP contribution in [0, 0.1) is 20.2 Å². The van der Waals surface area contributed by atoms with Gasteiger partial charge in [0.15, 0.2) is 0 Å². The van der Waals surface area contributed by atoms with Crippen LogP contribution in [0.2, 0.25) is 0 Å². The zero-order valence-corrected chi connectivity index (χ0v) is 13.1. The molecule has 0 atom stereocenters. The molecule has 9 nitrogen and oxygen atoms in total. The first kappa shape index (κ1) is 15.7. The van der Waals surface area contributed by atoms with Gasteiger partial charge in [0, 0.05) is 24.7 Å². The molecule has 0 saturated carbocycles. The van der Waals surface area contributed by atoms with Crippen molar-refractivity contribution in [2.24, 2.45) is 4.99 Å². The average molecular weight is 346 g/mol. The van der Waals surface area contributed by atoms with E-state index >= 15 is 0 Å². The van der Waals surface area contributed by atoms with Crippen LogP contribution in [0.3, 0.4) is 0 Å². The SMILES string of the molecule is CN1C(=O)CN=C(c2ccccc2[N+](=O)[O-])c2cc([N+](=O)[O-])sc21. The van der Waals surface area contributed by atoms with Crippen molar-refractivity contribution in [2.45, 2.75) is 0 Å². The molecule has 0 bridgehead atoms. The molecular weight excluding hydrogens is 336 g/mol. The quantitative estimate of drug-likeness (QED) is 0.624. The van der Waals surface area contributed by atoms with Gasteiger partial charge in [-0.3, -0.25) is 30.0 Å². The predicted molar refractivity (Wildman–Crippen MR) is 88.0 cm³/mol. The van der Waals surface area contributed by atoms with Crippen molar-refractivity contribution in [1.29, 1.82) is 0 Å². The summed E-state index contributed by atoms with van der Waals surface area (Å²) in [4.78, 5) is 38.8. The highest BCUT2D eigenvalue weighted by Crippen LogP contribution is 2.39. The molecule has 122 valence electrons. The molecule has 0 radical (unpaired) electrons. The Morgan fingerprint density at radius 2 is 1.88 bits per heavy atom. The van der Waals surface area contributed by atoms with Gasteiger partial charge in [0.2, 0.25) is 5.91 Å². The second-order valence-corrected chi connectivity index (χ2v) is 5.96. The fourth-order valence-corrected chi connectivity index (χ4v) is 3.35. The Kier molecular flexibility index (Phi) is 3.81. The number of aliphatic imine (C=N–C) groups is 1. The highest BCUT2D eigenvalue weighted by atomic mass is 32.1. The molecule has 0 N–H and O–H groups in total. The maximum atomic E-state index is 12.1. The molecule has 3 rings (SSSR count). The number of anilines is 1. The lowest BCUT2D eigenvalue weighted by atomic mass is 10.0. The molecule has 2 aromatic rings. The molecule has 0 unspecified atom stereocenters. The molecule has 0 fully saturated rings. The number of nitro groups is 2. The van der Waals surface area contributed by atoms with E-state index in [2.05, 4.69) is 4.99 Å². The second-order valence-electron chi connectivity index (χ2n) is 4.95. The Morgan fingerprint density at radius 1 is 1.17 bits per heavy atom. The fourth-order valence-electron chi connectivity index (χ4n) is 2.39. The fraction of sp³-hybridized carbons (Fsp3) is 0.143. The van der Waals surface area contributed by atoms with Gasteiger partial charge < -0.3 is 4.90 Å². The lowest BCUT2D eigenvalue weighted by molar-refractivity contribution is -0.385. The van der Waals surface area contributed by atoms with Crippen LogP contribution < -0.4 is 4.90 Å².